The second kappa shape index (κ2) is 9.67. The van der Waals surface area contributed by atoms with Gasteiger partial charge in [0.25, 0.3) is 27.5 Å². The van der Waals surface area contributed by atoms with E-state index in [9.17, 15) is 32.5 Å². The fraction of sp³-hybridized carbons (Fsp3) is 0.0909. The minimum Gasteiger partial charge on any atom is -0.355 e. The van der Waals surface area contributed by atoms with Crippen molar-refractivity contribution in [3.05, 3.63) is 93.3 Å². The Morgan fingerprint density at radius 1 is 0.941 bits per heavy atom. The van der Waals surface area contributed by atoms with E-state index in [-0.39, 0.29) is 33.1 Å². The zero-order valence-corrected chi connectivity index (χ0v) is 18.8. The molecule has 3 aromatic carbocycles. The van der Waals surface area contributed by atoms with Crippen LogP contribution in [0.5, 0.6) is 0 Å². The van der Waals surface area contributed by atoms with Crippen molar-refractivity contribution in [1.29, 1.82) is 0 Å². The molecule has 0 radical (unpaired) electrons. The highest BCUT2D eigenvalue weighted by atomic mass is 32.2. The largest absolute Gasteiger partial charge is 0.355 e. The standard InChI is InChI=1S/C22H19FN4O6S/c1-13-3-9-17(12-20(13)27(30)31)34(32,33)26-15-6-4-14(5-7-15)21(28)25-16-8-10-19(23)18(11-16)22(29)24-2/h3-12,26H,1-2H3,(H,24,29)(H,25,28). The van der Waals surface area contributed by atoms with Crippen LogP contribution in [0.1, 0.15) is 26.3 Å². The van der Waals surface area contributed by atoms with E-state index in [2.05, 4.69) is 15.4 Å². The summed E-state index contributed by atoms with van der Waals surface area (Å²) in [6.07, 6.45) is 0. The van der Waals surface area contributed by atoms with Crippen LogP contribution in [0.25, 0.3) is 0 Å². The normalized spacial score (nSPS) is 10.9. The SMILES string of the molecule is CNC(=O)c1cc(NC(=O)c2ccc(NS(=O)(=O)c3ccc(C)c([N+](=O)[O-])c3)cc2)ccc1F. The van der Waals surface area contributed by atoms with Crippen molar-refractivity contribution >= 4 is 38.9 Å². The maximum absolute atomic E-state index is 13.8. The molecule has 0 aliphatic rings. The fourth-order valence-corrected chi connectivity index (χ4v) is 4.05. The summed E-state index contributed by atoms with van der Waals surface area (Å²) in [7, 11) is -2.77. The molecule has 0 aliphatic carbocycles. The van der Waals surface area contributed by atoms with E-state index >= 15 is 0 Å². The molecule has 0 heterocycles. The lowest BCUT2D eigenvalue weighted by molar-refractivity contribution is -0.385. The van der Waals surface area contributed by atoms with Crippen molar-refractivity contribution in [3.8, 4) is 0 Å². The van der Waals surface area contributed by atoms with Crippen molar-refractivity contribution in [3.63, 3.8) is 0 Å². The maximum atomic E-state index is 13.8. The molecular weight excluding hydrogens is 467 g/mol. The zero-order valence-electron chi connectivity index (χ0n) is 18.0. The number of nitro benzene ring substituents is 1. The molecule has 0 fully saturated rings. The van der Waals surface area contributed by atoms with Gasteiger partial charge < -0.3 is 10.6 Å². The van der Waals surface area contributed by atoms with Crippen molar-refractivity contribution in [1.82, 2.24) is 5.32 Å². The third-order valence-corrected chi connectivity index (χ3v) is 6.16. The Hall–Kier alpha value is -4.32. The Bertz CT molecular complexity index is 1390. The van der Waals surface area contributed by atoms with Crippen LogP contribution in [-0.2, 0) is 10.0 Å². The van der Waals surface area contributed by atoms with Gasteiger partial charge in [-0.05, 0) is 55.5 Å². The summed E-state index contributed by atoms with van der Waals surface area (Å²) in [5, 5.41) is 15.9. The van der Waals surface area contributed by atoms with E-state index in [4.69, 9.17) is 0 Å². The number of nitrogens with zero attached hydrogens (tertiary/aromatic N) is 1. The lowest BCUT2D eigenvalue weighted by atomic mass is 10.1. The quantitative estimate of drug-likeness (QED) is 0.344. The Balaban J connectivity index is 1.75. The van der Waals surface area contributed by atoms with Crippen LogP contribution in [0, 0.1) is 22.9 Å². The molecule has 12 heteroatoms. The van der Waals surface area contributed by atoms with Crippen LogP contribution in [0.15, 0.2) is 65.6 Å². The lowest BCUT2D eigenvalue weighted by Gasteiger charge is -2.10. The molecule has 0 aromatic heterocycles. The summed E-state index contributed by atoms with van der Waals surface area (Å²) in [4.78, 5) is 34.3. The molecule has 0 saturated heterocycles. The van der Waals surface area contributed by atoms with Gasteiger partial charge in [0.15, 0.2) is 0 Å². The highest BCUT2D eigenvalue weighted by molar-refractivity contribution is 7.92. The van der Waals surface area contributed by atoms with Crippen LogP contribution in [0.3, 0.4) is 0 Å². The average Bonchev–Trinajstić information content (AvgIpc) is 2.80. The van der Waals surface area contributed by atoms with Crippen LogP contribution >= 0.6 is 0 Å². The molecule has 0 saturated carbocycles. The van der Waals surface area contributed by atoms with Crippen LogP contribution in [-0.4, -0.2) is 32.2 Å². The van der Waals surface area contributed by atoms with Crippen LogP contribution in [0.4, 0.5) is 21.5 Å². The van der Waals surface area contributed by atoms with E-state index in [1.165, 1.54) is 62.5 Å². The molecule has 3 aromatic rings. The third-order valence-electron chi connectivity index (χ3n) is 4.78. The first-order valence-electron chi connectivity index (χ1n) is 9.73. The summed E-state index contributed by atoms with van der Waals surface area (Å²) in [5.74, 6) is -1.96. The topological polar surface area (TPSA) is 148 Å². The van der Waals surface area contributed by atoms with Gasteiger partial charge in [0.1, 0.15) is 5.82 Å². The number of halogens is 1. The van der Waals surface area contributed by atoms with Gasteiger partial charge in [0, 0.05) is 35.6 Å². The number of hydrogen-bond donors (Lipinski definition) is 3. The minimum absolute atomic E-state index is 0.128. The van der Waals surface area contributed by atoms with Crippen molar-refractivity contribution < 1.29 is 27.3 Å². The number of amides is 2. The number of sulfonamides is 1. The summed E-state index contributed by atoms with van der Waals surface area (Å²) < 4.78 is 41.3. The van der Waals surface area contributed by atoms with Gasteiger partial charge in [-0.25, -0.2) is 12.8 Å². The van der Waals surface area contributed by atoms with Crippen molar-refractivity contribution in [2.75, 3.05) is 17.1 Å². The first-order chi connectivity index (χ1) is 16.0. The van der Waals surface area contributed by atoms with E-state index in [1.807, 2.05) is 0 Å². The number of carbonyl (C=O) groups is 2. The molecule has 176 valence electrons. The Kier molecular flexibility index (Phi) is 6.92. The predicted octanol–water partition coefficient (Wildman–Crippen LogP) is 3.46. The van der Waals surface area contributed by atoms with Gasteiger partial charge in [-0.3, -0.25) is 24.4 Å². The monoisotopic (exact) mass is 486 g/mol. The second-order valence-electron chi connectivity index (χ2n) is 7.12. The molecular formula is C22H19FN4O6S. The van der Waals surface area contributed by atoms with E-state index < -0.39 is 32.6 Å². The van der Waals surface area contributed by atoms with E-state index in [0.717, 1.165) is 12.1 Å². The second-order valence-corrected chi connectivity index (χ2v) is 8.80. The lowest BCUT2D eigenvalue weighted by Crippen LogP contribution is -2.20. The van der Waals surface area contributed by atoms with Crippen molar-refractivity contribution in [2.24, 2.45) is 0 Å². The number of rotatable bonds is 7. The molecule has 3 N–H and O–H groups in total. The van der Waals surface area contributed by atoms with Gasteiger partial charge in [-0.2, -0.15) is 0 Å². The number of nitro groups is 1. The van der Waals surface area contributed by atoms with Gasteiger partial charge >= 0.3 is 0 Å². The smallest absolute Gasteiger partial charge is 0.273 e. The minimum atomic E-state index is -4.12. The first kappa shape index (κ1) is 24.3. The molecule has 0 spiro atoms. The van der Waals surface area contributed by atoms with E-state index in [1.54, 1.807) is 0 Å². The molecule has 2 amide bonds. The van der Waals surface area contributed by atoms with Crippen LogP contribution < -0.4 is 15.4 Å². The van der Waals surface area contributed by atoms with Gasteiger partial charge in [0.2, 0.25) is 0 Å². The van der Waals surface area contributed by atoms with Gasteiger partial charge in [0.05, 0.1) is 15.4 Å². The third kappa shape index (κ3) is 5.35. The van der Waals surface area contributed by atoms with E-state index in [0.29, 0.717) is 5.56 Å². The molecule has 0 unspecified atom stereocenters. The Labute approximate surface area is 194 Å². The Morgan fingerprint density at radius 2 is 1.59 bits per heavy atom. The van der Waals surface area contributed by atoms with Crippen molar-refractivity contribution in [2.45, 2.75) is 11.8 Å². The summed E-state index contributed by atoms with van der Waals surface area (Å²) in [5.41, 5.74) is 0.249. The molecule has 0 bridgehead atoms. The molecule has 0 atom stereocenters. The zero-order chi connectivity index (χ0) is 25.0. The molecule has 34 heavy (non-hydrogen) atoms. The highest BCUT2D eigenvalue weighted by Crippen LogP contribution is 2.24. The number of anilines is 2. The predicted molar refractivity (Wildman–Crippen MR) is 123 cm³/mol. The molecule has 3 rings (SSSR count). The number of nitrogens with one attached hydrogen (secondary N) is 3. The number of hydrogen-bond acceptors (Lipinski definition) is 6. The van der Waals surface area contributed by atoms with Crippen LogP contribution in [0.2, 0.25) is 0 Å². The summed E-state index contributed by atoms with van der Waals surface area (Å²) >= 11 is 0. The first-order valence-corrected chi connectivity index (χ1v) is 11.2. The highest BCUT2D eigenvalue weighted by Gasteiger charge is 2.20. The number of carbonyl (C=O) groups excluding carboxylic acids is 2. The summed E-state index contributed by atoms with van der Waals surface area (Å²) in [6.45, 7) is 1.50. The maximum Gasteiger partial charge on any atom is 0.273 e. The Morgan fingerprint density at radius 3 is 2.21 bits per heavy atom. The molecule has 0 aliphatic heterocycles. The van der Waals surface area contributed by atoms with Gasteiger partial charge in [-0.15, -0.1) is 0 Å². The summed E-state index contributed by atoms with van der Waals surface area (Å²) in [6, 6.07) is 12.5. The average molecular weight is 486 g/mol. The molecule has 10 nitrogen and oxygen atoms in total. The number of aryl methyl sites for hydroxylation is 1. The number of benzene rings is 3. The fourth-order valence-electron chi connectivity index (χ4n) is 2.97. The van der Waals surface area contributed by atoms with Gasteiger partial charge in [-0.1, -0.05) is 6.07 Å².